The van der Waals surface area contributed by atoms with Crippen LogP contribution in [0.15, 0.2) is 47.6 Å². The minimum atomic E-state index is 0.469. The van der Waals surface area contributed by atoms with E-state index in [1.165, 1.54) is 12.8 Å². The fourth-order valence-corrected chi connectivity index (χ4v) is 3.75. The van der Waals surface area contributed by atoms with E-state index in [9.17, 15) is 0 Å². The second kappa shape index (κ2) is 5.47. The number of nitrogens with zero attached hydrogens (tertiary/aromatic N) is 5. The molecule has 1 saturated carbocycles. The summed E-state index contributed by atoms with van der Waals surface area (Å²) in [6, 6.07) is 7.05. The average Bonchev–Trinajstić information content (AvgIpc) is 3.14. The van der Waals surface area contributed by atoms with Crippen molar-refractivity contribution in [2.75, 3.05) is 22.9 Å². The van der Waals surface area contributed by atoms with Gasteiger partial charge in [0, 0.05) is 37.6 Å². The van der Waals surface area contributed by atoms with Gasteiger partial charge in [-0.2, -0.15) is 0 Å². The lowest BCUT2D eigenvalue weighted by atomic mass is 10.2. The van der Waals surface area contributed by atoms with Crippen LogP contribution in [-0.4, -0.2) is 40.1 Å². The van der Waals surface area contributed by atoms with Crippen molar-refractivity contribution in [1.29, 1.82) is 0 Å². The fraction of sp³-hybridized carbons (Fsp3) is 0.389. The SMILES string of the molecule is c1cc(N(C2CC2)C2CCN(c3nccc4occc34)C2)ncn1. The molecular weight excluding hydrogens is 302 g/mol. The number of anilines is 2. The van der Waals surface area contributed by atoms with Gasteiger partial charge in [0.15, 0.2) is 0 Å². The molecule has 1 atom stereocenters. The third kappa shape index (κ3) is 2.29. The molecule has 4 heterocycles. The molecule has 0 amide bonds. The van der Waals surface area contributed by atoms with Gasteiger partial charge in [0.25, 0.3) is 0 Å². The Morgan fingerprint density at radius 3 is 2.83 bits per heavy atom. The maximum Gasteiger partial charge on any atom is 0.139 e. The van der Waals surface area contributed by atoms with Crippen molar-refractivity contribution in [2.45, 2.75) is 31.3 Å². The van der Waals surface area contributed by atoms with Crippen molar-refractivity contribution in [2.24, 2.45) is 0 Å². The maximum absolute atomic E-state index is 5.52. The van der Waals surface area contributed by atoms with E-state index in [0.717, 1.165) is 42.1 Å². The first-order valence-electron chi connectivity index (χ1n) is 8.51. The number of hydrogen-bond donors (Lipinski definition) is 0. The van der Waals surface area contributed by atoms with Gasteiger partial charge < -0.3 is 14.2 Å². The zero-order valence-corrected chi connectivity index (χ0v) is 13.4. The van der Waals surface area contributed by atoms with Gasteiger partial charge >= 0.3 is 0 Å². The van der Waals surface area contributed by atoms with Crippen LogP contribution in [0.2, 0.25) is 0 Å². The molecule has 2 fully saturated rings. The summed E-state index contributed by atoms with van der Waals surface area (Å²) in [5.41, 5.74) is 0.901. The van der Waals surface area contributed by atoms with Crippen molar-refractivity contribution in [3.63, 3.8) is 0 Å². The highest BCUT2D eigenvalue weighted by molar-refractivity contribution is 5.88. The molecule has 6 nitrogen and oxygen atoms in total. The first kappa shape index (κ1) is 13.8. The van der Waals surface area contributed by atoms with Crippen LogP contribution in [0.3, 0.4) is 0 Å². The number of fused-ring (bicyclic) bond motifs is 1. The van der Waals surface area contributed by atoms with E-state index in [1.807, 2.05) is 30.6 Å². The van der Waals surface area contributed by atoms with Crippen molar-refractivity contribution in [3.05, 3.63) is 43.2 Å². The minimum absolute atomic E-state index is 0.469. The van der Waals surface area contributed by atoms with E-state index in [-0.39, 0.29) is 0 Å². The Labute approximate surface area is 140 Å². The minimum Gasteiger partial charge on any atom is -0.464 e. The Balaban J connectivity index is 1.43. The second-order valence-corrected chi connectivity index (χ2v) is 6.56. The van der Waals surface area contributed by atoms with Crippen LogP contribution in [-0.2, 0) is 0 Å². The summed E-state index contributed by atoms with van der Waals surface area (Å²) in [4.78, 5) is 18.0. The van der Waals surface area contributed by atoms with Crippen molar-refractivity contribution >= 4 is 22.6 Å². The normalized spacial score (nSPS) is 20.7. The van der Waals surface area contributed by atoms with Crippen LogP contribution < -0.4 is 9.80 Å². The summed E-state index contributed by atoms with van der Waals surface area (Å²) in [7, 11) is 0. The van der Waals surface area contributed by atoms with Crippen molar-refractivity contribution in [3.8, 4) is 0 Å². The van der Waals surface area contributed by atoms with Gasteiger partial charge in [-0.25, -0.2) is 15.0 Å². The monoisotopic (exact) mass is 321 g/mol. The Morgan fingerprint density at radius 2 is 2.00 bits per heavy atom. The molecule has 0 spiro atoms. The number of aromatic nitrogens is 3. The van der Waals surface area contributed by atoms with Crippen LogP contribution in [0.25, 0.3) is 11.0 Å². The Hall–Kier alpha value is -2.63. The molecule has 122 valence electrons. The van der Waals surface area contributed by atoms with E-state index in [4.69, 9.17) is 4.42 Å². The van der Waals surface area contributed by atoms with Crippen LogP contribution in [0.5, 0.6) is 0 Å². The zero-order valence-electron chi connectivity index (χ0n) is 13.4. The predicted molar refractivity (Wildman–Crippen MR) is 92.2 cm³/mol. The average molecular weight is 321 g/mol. The summed E-state index contributed by atoms with van der Waals surface area (Å²) in [5.74, 6) is 2.08. The Bertz CT molecular complexity index is 845. The van der Waals surface area contributed by atoms with Crippen molar-refractivity contribution < 1.29 is 4.42 Å². The molecule has 6 heteroatoms. The molecule has 5 rings (SSSR count). The molecule has 0 bridgehead atoms. The Kier molecular flexibility index (Phi) is 3.14. The lowest BCUT2D eigenvalue weighted by Crippen LogP contribution is -2.40. The van der Waals surface area contributed by atoms with E-state index in [0.29, 0.717) is 12.1 Å². The summed E-state index contributed by atoms with van der Waals surface area (Å²) in [6.45, 7) is 1.98. The van der Waals surface area contributed by atoms with Crippen LogP contribution >= 0.6 is 0 Å². The molecule has 1 unspecified atom stereocenters. The van der Waals surface area contributed by atoms with Gasteiger partial charge in [0.1, 0.15) is 23.5 Å². The molecule has 0 radical (unpaired) electrons. The third-order valence-electron chi connectivity index (χ3n) is 4.99. The summed E-state index contributed by atoms with van der Waals surface area (Å²) < 4.78 is 5.52. The molecule has 24 heavy (non-hydrogen) atoms. The lowest BCUT2D eigenvalue weighted by Gasteiger charge is -2.30. The second-order valence-electron chi connectivity index (χ2n) is 6.56. The van der Waals surface area contributed by atoms with Gasteiger partial charge in [-0.3, -0.25) is 0 Å². The fourth-order valence-electron chi connectivity index (χ4n) is 3.75. The molecule has 1 aliphatic carbocycles. The van der Waals surface area contributed by atoms with Gasteiger partial charge in [-0.05, 0) is 37.5 Å². The third-order valence-corrected chi connectivity index (χ3v) is 4.99. The first-order valence-corrected chi connectivity index (χ1v) is 8.51. The molecular formula is C18H19N5O. The lowest BCUT2D eigenvalue weighted by molar-refractivity contribution is 0.615. The molecule has 3 aromatic rings. The smallest absolute Gasteiger partial charge is 0.139 e. The molecule has 0 N–H and O–H groups in total. The first-order chi connectivity index (χ1) is 11.9. The predicted octanol–water partition coefficient (Wildman–Crippen LogP) is 2.87. The topological polar surface area (TPSA) is 58.3 Å². The van der Waals surface area contributed by atoms with E-state index in [1.54, 1.807) is 12.6 Å². The van der Waals surface area contributed by atoms with Gasteiger partial charge in [0.2, 0.25) is 0 Å². The molecule has 0 aromatic carbocycles. The van der Waals surface area contributed by atoms with E-state index < -0.39 is 0 Å². The summed E-state index contributed by atoms with van der Waals surface area (Å²) >= 11 is 0. The maximum atomic E-state index is 5.52. The Morgan fingerprint density at radius 1 is 1.04 bits per heavy atom. The molecule has 2 aliphatic rings. The number of rotatable bonds is 4. The summed E-state index contributed by atoms with van der Waals surface area (Å²) in [5, 5.41) is 1.10. The number of hydrogen-bond acceptors (Lipinski definition) is 6. The summed E-state index contributed by atoms with van der Waals surface area (Å²) in [6.07, 6.45) is 10.7. The highest BCUT2D eigenvalue weighted by Crippen LogP contribution is 2.36. The van der Waals surface area contributed by atoms with Crippen LogP contribution in [0, 0.1) is 0 Å². The van der Waals surface area contributed by atoms with E-state index in [2.05, 4.69) is 24.8 Å². The van der Waals surface area contributed by atoms with Crippen molar-refractivity contribution in [1.82, 2.24) is 15.0 Å². The number of pyridine rings is 1. The standard InChI is InChI=1S/C18H19N5O/c1-2-13(1)23(17-4-7-19-12-21-17)14-5-9-22(11-14)18-15-6-10-24-16(15)3-8-20-18/h3-4,6-8,10,12-14H,1-2,5,9,11H2. The zero-order chi connectivity index (χ0) is 15.9. The van der Waals surface area contributed by atoms with Gasteiger partial charge in [0.05, 0.1) is 11.6 Å². The quantitative estimate of drug-likeness (QED) is 0.736. The highest BCUT2D eigenvalue weighted by atomic mass is 16.3. The largest absolute Gasteiger partial charge is 0.464 e. The van der Waals surface area contributed by atoms with Crippen LogP contribution in [0.1, 0.15) is 19.3 Å². The van der Waals surface area contributed by atoms with Gasteiger partial charge in [-0.15, -0.1) is 0 Å². The molecule has 1 saturated heterocycles. The number of furan rings is 1. The molecule has 3 aromatic heterocycles. The van der Waals surface area contributed by atoms with Gasteiger partial charge in [-0.1, -0.05) is 0 Å². The van der Waals surface area contributed by atoms with Crippen LogP contribution in [0.4, 0.5) is 11.6 Å². The molecule has 1 aliphatic heterocycles. The highest BCUT2D eigenvalue weighted by Gasteiger charge is 2.38. The van der Waals surface area contributed by atoms with E-state index >= 15 is 0 Å².